The third kappa shape index (κ3) is 3.30. The molecule has 1 fully saturated rings. The van der Waals surface area contributed by atoms with Crippen LogP contribution in [-0.4, -0.2) is 28.6 Å². The number of halogens is 3. The van der Waals surface area contributed by atoms with Gasteiger partial charge in [0.1, 0.15) is 0 Å². The van der Waals surface area contributed by atoms with Crippen LogP contribution in [0.4, 0.5) is 13.2 Å². The second-order valence-corrected chi connectivity index (χ2v) is 5.06. The number of aliphatic carboxylic acids is 1. The molecule has 0 aromatic heterocycles. The molecule has 0 spiro atoms. The molecule has 3 nitrogen and oxygen atoms in total. The summed E-state index contributed by atoms with van der Waals surface area (Å²) in [5.74, 6) is -1.02. The number of carboxylic acid groups (broad SMARTS) is 1. The molecule has 1 N–H and O–H groups in total. The smallest absolute Gasteiger partial charge is 0.416 e. The van der Waals surface area contributed by atoms with Crippen LogP contribution in [0.15, 0.2) is 24.3 Å². The molecule has 0 aliphatic heterocycles. The van der Waals surface area contributed by atoms with E-state index in [0.717, 1.165) is 18.9 Å². The van der Waals surface area contributed by atoms with Crippen molar-refractivity contribution in [1.82, 2.24) is 4.90 Å². The Morgan fingerprint density at radius 2 is 2.00 bits per heavy atom. The van der Waals surface area contributed by atoms with Gasteiger partial charge in [0.2, 0.25) is 0 Å². The van der Waals surface area contributed by atoms with Crippen molar-refractivity contribution in [1.29, 1.82) is 0 Å². The number of carboxylic acids is 1. The van der Waals surface area contributed by atoms with Crippen molar-refractivity contribution < 1.29 is 23.1 Å². The van der Waals surface area contributed by atoms with Crippen molar-refractivity contribution in [3.05, 3.63) is 35.4 Å². The summed E-state index contributed by atoms with van der Waals surface area (Å²) in [6, 6.07) is 4.85. The molecule has 1 aromatic rings. The fourth-order valence-electron chi connectivity index (χ4n) is 2.44. The van der Waals surface area contributed by atoms with Gasteiger partial charge in [0.15, 0.2) is 0 Å². The van der Waals surface area contributed by atoms with Crippen molar-refractivity contribution in [3.63, 3.8) is 0 Å². The lowest BCUT2D eigenvalue weighted by atomic mass is 9.99. The summed E-state index contributed by atoms with van der Waals surface area (Å²) in [5.41, 5.74) is -0.559. The van der Waals surface area contributed by atoms with Crippen LogP contribution in [0.5, 0.6) is 0 Å². The first kappa shape index (κ1) is 14.8. The fourth-order valence-corrected chi connectivity index (χ4v) is 2.44. The second-order valence-electron chi connectivity index (χ2n) is 5.06. The molecular weight excluding hydrogens is 271 g/mol. The minimum atomic E-state index is -4.43. The summed E-state index contributed by atoms with van der Waals surface area (Å²) in [5, 5.41) is 8.92. The zero-order valence-corrected chi connectivity index (χ0v) is 11.0. The van der Waals surface area contributed by atoms with Gasteiger partial charge < -0.3 is 5.11 Å². The van der Waals surface area contributed by atoms with Crippen LogP contribution in [-0.2, 0) is 11.0 Å². The zero-order valence-electron chi connectivity index (χ0n) is 11.0. The lowest BCUT2D eigenvalue weighted by molar-refractivity contribution is -0.139. The van der Waals surface area contributed by atoms with E-state index in [0.29, 0.717) is 0 Å². The highest BCUT2D eigenvalue weighted by Crippen LogP contribution is 2.39. The van der Waals surface area contributed by atoms with Crippen LogP contribution < -0.4 is 0 Å². The highest BCUT2D eigenvalue weighted by atomic mass is 19.4. The normalized spacial score (nSPS) is 17.2. The Morgan fingerprint density at radius 3 is 2.50 bits per heavy atom. The van der Waals surface area contributed by atoms with Gasteiger partial charge in [0.25, 0.3) is 0 Å². The van der Waals surface area contributed by atoms with E-state index >= 15 is 0 Å². The molecule has 1 saturated carbocycles. The second kappa shape index (κ2) is 5.44. The van der Waals surface area contributed by atoms with Crippen LogP contribution >= 0.6 is 0 Å². The molecule has 0 heterocycles. The van der Waals surface area contributed by atoms with Gasteiger partial charge in [-0.15, -0.1) is 0 Å². The molecule has 110 valence electrons. The molecule has 2 rings (SSSR count). The molecule has 20 heavy (non-hydrogen) atoms. The van der Waals surface area contributed by atoms with Gasteiger partial charge in [-0.1, -0.05) is 18.2 Å². The van der Waals surface area contributed by atoms with Gasteiger partial charge in [0.05, 0.1) is 12.1 Å². The summed E-state index contributed by atoms with van der Waals surface area (Å²) in [6.07, 6.45) is -2.75. The van der Waals surface area contributed by atoms with E-state index in [1.165, 1.54) is 12.1 Å². The average Bonchev–Trinajstić information content (AvgIpc) is 3.18. The molecule has 1 atom stereocenters. The van der Waals surface area contributed by atoms with E-state index in [2.05, 4.69) is 0 Å². The Morgan fingerprint density at radius 1 is 1.40 bits per heavy atom. The fraction of sp³-hybridized carbons (Fsp3) is 0.500. The van der Waals surface area contributed by atoms with Gasteiger partial charge in [-0.05, 0) is 31.4 Å². The first-order chi connectivity index (χ1) is 9.30. The Kier molecular flexibility index (Phi) is 4.04. The van der Waals surface area contributed by atoms with Gasteiger partial charge in [-0.2, -0.15) is 13.2 Å². The minimum Gasteiger partial charge on any atom is -0.480 e. The predicted octanol–water partition coefficient (Wildman–Crippen LogP) is 3.32. The van der Waals surface area contributed by atoms with E-state index in [4.69, 9.17) is 5.11 Å². The largest absolute Gasteiger partial charge is 0.480 e. The lowest BCUT2D eigenvalue weighted by Crippen LogP contribution is -2.35. The minimum absolute atomic E-state index is 0.0717. The first-order valence-corrected chi connectivity index (χ1v) is 6.44. The topological polar surface area (TPSA) is 40.5 Å². The Bertz CT molecular complexity index is 497. The van der Waals surface area contributed by atoms with Crippen molar-refractivity contribution in [3.8, 4) is 0 Å². The van der Waals surface area contributed by atoms with Crippen molar-refractivity contribution in [2.45, 2.75) is 38.0 Å². The standard InChI is InChI=1S/C14H16F3NO2/c1-9(18(8-13(19)20)10-6-7-10)11-4-2-3-5-12(11)14(15,16)17/h2-5,9-10H,6-8H2,1H3,(H,19,20). The molecule has 0 bridgehead atoms. The van der Waals surface area contributed by atoms with Crippen molar-refractivity contribution in [2.24, 2.45) is 0 Å². The maximum Gasteiger partial charge on any atom is 0.416 e. The number of hydrogen-bond acceptors (Lipinski definition) is 2. The predicted molar refractivity (Wildman–Crippen MR) is 67.2 cm³/mol. The SMILES string of the molecule is CC(c1ccccc1C(F)(F)F)N(CC(=O)O)C1CC1. The monoisotopic (exact) mass is 287 g/mol. The van der Waals surface area contributed by atoms with Gasteiger partial charge in [0, 0.05) is 12.1 Å². The molecule has 0 radical (unpaired) electrons. The molecule has 0 saturated heterocycles. The molecule has 6 heteroatoms. The number of hydrogen-bond donors (Lipinski definition) is 1. The van der Waals surface area contributed by atoms with Crippen LogP contribution in [0.2, 0.25) is 0 Å². The van der Waals surface area contributed by atoms with Crippen molar-refractivity contribution >= 4 is 5.97 Å². The average molecular weight is 287 g/mol. The number of alkyl halides is 3. The number of benzene rings is 1. The van der Waals surface area contributed by atoms with E-state index in [1.807, 2.05) is 0 Å². The van der Waals surface area contributed by atoms with Gasteiger partial charge in [-0.25, -0.2) is 0 Å². The van der Waals surface area contributed by atoms with Gasteiger partial charge >= 0.3 is 12.1 Å². The summed E-state index contributed by atoms with van der Waals surface area (Å²) >= 11 is 0. The third-order valence-electron chi connectivity index (χ3n) is 3.55. The highest BCUT2D eigenvalue weighted by molar-refractivity contribution is 5.69. The maximum absolute atomic E-state index is 13.0. The Labute approximate surface area is 115 Å². The summed E-state index contributed by atoms with van der Waals surface area (Å²) in [4.78, 5) is 12.5. The van der Waals surface area contributed by atoms with E-state index in [9.17, 15) is 18.0 Å². The van der Waals surface area contributed by atoms with Gasteiger partial charge in [-0.3, -0.25) is 9.69 Å². The lowest BCUT2D eigenvalue weighted by Gasteiger charge is -2.29. The first-order valence-electron chi connectivity index (χ1n) is 6.44. The van der Waals surface area contributed by atoms with E-state index in [-0.39, 0.29) is 18.2 Å². The molecule has 1 aliphatic rings. The molecular formula is C14H16F3NO2. The van der Waals surface area contributed by atoms with Crippen LogP contribution in [0.25, 0.3) is 0 Å². The summed E-state index contributed by atoms with van der Waals surface area (Å²) < 4.78 is 39.0. The maximum atomic E-state index is 13.0. The van der Waals surface area contributed by atoms with Crippen LogP contribution in [0, 0.1) is 0 Å². The molecule has 1 aromatic carbocycles. The number of carbonyl (C=O) groups is 1. The Hall–Kier alpha value is -1.56. The quantitative estimate of drug-likeness (QED) is 0.903. The molecule has 1 unspecified atom stereocenters. The van der Waals surface area contributed by atoms with Crippen LogP contribution in [0.3, 0.4) is 0 Å². The molecule has 1 aliphatic carbocycles. The van der Waals surface area contributed by atoms with E-state index < -0.39 is 23.8 Å². The Balaban J connectivity index is 2.31. The summed E-state index contributed by atoms with van der Waals surface area (Å²) in [7, 11) is 0. The van der Waals surface area contributed by atoms with E-state index in [1.54, 1.807) is 17.9 Å². The summed E-state index contributed by atoms with van der Waals surface area (Å²) in [6.45, 7) is 1.39. The number of rotatable bonds is 5. The highest BCUT2D eigenvalue weighted by Gasteiger charge is 2.39. The zero-order chi connectivity index (χ0) is 14.9. The molecule has 0 amide bonds. The third-order valence-corrected chi connectivity index (χ3v) is 3.55. The van der Waals surface area contributed by atoms with Crippen molar-refractivity contribution in [2.75, 3.05) is 6.54 Å². The van der Waals surface area contributed by atoms with Crippen LogP contribution in [0.1, 0.15) is 36.9 Å². The number of nitrogens with zero attached hydrogens (tertiary/aromatic N) is 1.